The van der Waals surface area contributed by atoms with Crippen LogP contribution in [0.2, 0.25) is 0 Å². The van der Waals surface area contributed by atoms with Crippen molar-refractivity contribution in [3.63, 3.8) is 0 Å². The monoisotopic (exact) mass is 606 g/mol. The number of thioether (sulfide) groups is 1. The van der Waals surface area contributed by atoms with E-state index >= 15 is 0 Å². The standard InChI is InChI=1S/C28H25Cl3N2O5S/c1-15-13-39-26-22(25(36)33(26)23(15)27(37)38-28(30,31)14-29)32-21(34)12-18-5-2-3-8-20(18)24(35)19-10-9-16-6-4-7-17(16)11-19/h2-3,5,8-11,22,26H,4,6-7,12-14H2,1H3,(H,32,34)/t22?,26-/m1/s1. The number of amides is 2. The highest BCUT2D eigenvalue weighted by molar-refractivity contribution is 8.00. The zero-order chi connectivity index (χ0) is 27.9. The van der Waals surface area contributed by atoms with Gasteiger partial charge in [0.25, 0.3) is 10.4 Å². The lowest BCUT2D eigenvalue weighted by atomic mass is 9.94. The van der Waals surface area contributed by atoms with Crippen LogP contribution in [0.3, 0.4) is 0 Å². The minimum Gasteiger partial charge on any atom is -0.423 e. The fraction of sp³-hybridized carbons (Fsp3) is 0.357. The average Bonchev–Trinajstić information content (AvgIpc) is 3.39. The zero-order valence-electron chi connectivity index (χ0n) is 21.0. The van der Waals surface area contributed by atoms with Crippen molar-refractivity contribution in [2.45, 2.75) is 48.5 Å². The Hall–Kier alpha value is -2.52. The summed E-state index contributed by atoms with van der Waals surface area (Å²) in [5.41, 5.74) is 4.78. The van der Waals surface area contributed by atoms with Crippen molar-refractivity contribution >= 4 is 70.1 Å². The molecule has 2 amide bonds. The van der Waals surface area contributed by atoms with Crippen molar-refractivity contribution in [1.82, 2.24) is 10.2 Å². The maximum atomic E-state index is 13.4. The van der Waals surface area contributed by atoms with E-state index in [0.29, 0.717) is 28.0 Å². The normalized spacial score (nSPS) is 20.2. The number of benzene rings is 2. The second-order valence-corrected chi connectivity index (χ2v) is 12.5. The molecule has 2 aromatic rings. The number of carbonyl (C=O) groups excluding carboxylic acids is 4. The zero-order valence-corrected chi connectivity index (χ0v) is 24.1. The van der Waals surface area contributed by atoms with Gasteiger partial charge in [-0.05, 0) is 54.5 Å². The number of hydrogen-bond acceptors (Lipinski definition) is 6. The first kappa shape index (κ1) is 28.0. The summed E-state index contributed by atoms with van der Waals surface area (Å²) in [6.45, 7) is 1.71. The Morgan fingerprint density at radius 1 is 1.13 bits per heavy atom. The van der Waals surface area contributed by atoms with Gasteiger partial charge in [-0.25, -0.2) is 4.79 Å². The molecule has 3 aliphatic rings. The van der Waals surface area contributed by atoms with Gasteiger partial charge in [0.1, 0.15) is 17.1 Å². The molecule has 0 bridgehead atoms. The molecule has 1 fully saturated rings. The molecule has 2 aliphatic heterocycles. The van der Waals surface area contributed by atoms with Crippen molar-refractivity contribution in [3.8, 4) is 0 Å². The number of carbonyl (C=O) groups is 4. The van der Waals surface area contributed by atoms with Crippen LogP contribution >= 0.6 is 46.6 Å². The summed E-state index contributed by atoms with van der Waals surface area (Å²) in [6, 6.07) is 12.0. The van der Waals surface area contributed by atoms with Gasteiger partial charge in [0.2, 0.25) is 5.91 Å². The smallest absolute Gasteiger partial charge is 0.357 e. The van der Waals surface area contributed by atoms with Crippen LogP contribution in [-0.2, 0) is 38.4 Å². The number of fused-ring (bicyclic) bond motifs is 2. The van der Waals surface area contributed by atoms with E-state index in [-0.39, 0.29) is 23.8 Å². The van der Waals surface area contributed by atoms with Crippen LogP contribution in [0.5, 0.6) is 0 Å². The predicted molar refractivity (Wildman–Crippen MR) is 151 cm³/mol. The highest BCUT2D eigenvalue weighted by atomic mass is 35.5. The van der Waals surface area contributed by atoms with Gasteiger partial charge in [0, 0.05) is 16.9 Å². The van der Waals surface area contributed by atoms with Crippen LogP contribution in [0, 0.1) is 0 Å². The first-order valence-electron chi connectivity index (χ1n) is 12.4. The lowest BCUT2D eigenvalue weighted by Gasteiger charge is -2.49. The topological polar surface area (TPSA) is 92.8 Å². The van der Waals surface area contributed by atoms with Gasteiger partial charge in [-0.15, -0.1) is 23.4 Å². The van der Waals surface area contributed by atoms with Crippen molar-refractivity contribution in [2.24, 2.45) is 0 Å². The third-order valence-electron chi connectivity index (χ3n) is 7.04. The Morgan fingerprint density at radius 2 is 1.87 bits per heavy atom. The van der Waals surface area contributed by atoms with Crippen LogP contribution in [-0.4, -0.2) is 56.0 Å². The number of rotatable bonds is 8. The van der Waals surface area contributed by atoms with Crippen molar-refractivity contribution in [3.05, 3.63) is 81.6 Å². The predicted octanol–water partition coefficient (Wildman–Crippen LogP) is 4.54. The molecule has 0 saturated carbocycles. The van der Waals surface area contributed by atoms with E-state index < -0.39 is 33.7 Å². The molecule has 1 saturated heterocycles. The van der Waals surface area contributed by atoms with Gasteiger partial charge >= 0.3 is 5.97 Å². The first-order valence-corrected chi connectivity index (χ1v) is 14.8. The SMILES string of the molecule is CC1=C(C(=O)OC(Cl)(Cl)CCl)N2C(=O)C(NC(=O)Cc3ccccc3C(=O)c3ccc4c(c3)CCC4)[C@H]2SC1. The van der Waals surface area contributed by atoms with E-state index in [1.165, 1.54) is 27.8 Å². The van der Waals surface area contributed by atoms with Crippen LogP contribution in [0.1, 0.15) is 46.0 Å². The third-order valence-corrected chi connectivity index (χ3v) is 9.54. The summed E-state index contributed by atoms with van der Waals surface area (Å²) in [5.74, 6) is -1.76. The number of β-lactam (4-membered cyclic amide) rings is 1. The van der Waals surface area contributed by atoms with Crippen molar-refractivity contribution in [1.29, 1.82) is 0 Å². The summed E-state index contributed by atoms with van der Waals surface area (Å²) < 4.78 is 3.14. The van der Waals surface area contributed by atoms with Gasteiger partial charge in [0.15, 0.2) is 5.78 Å². The number of aryl methyl sites for hydroxylation is 2. The number of alkyl halides is 3. The minimum absolute atomic E-state index is 0.0512. The van der Waals surface area contributed by atoms with Gasteiger partial charge in [-0.2, -0.15) is 0 Å². The summed E-state index contributed by atoms with van der Waals surface area (Å²) in [5, 5.41) is 2.28. The maximum Gasteiger partial charge on any atom is 0.357 e. The van der Waals surface area contributed by atoms with E-state index in [9.17, 15) is 19.2 Å². The molecule has 39 heavy (non-hydrogen) atoms. The number of nitrogens with one attached hydrogen (secondary N) is 1. The maximum absolute atomic E-state index is 13.4. The molecule has 204 valence electrons. The van der Waals surface area contributed by atoms with Crippen LogP contribution in [0.15, 0.2) is 53.7 Å². The van der Waals surface area contributed by atoms with Crippen molar-refractivity contribution < 1.29 is 23.9 Å². The number of halogens is 3. The average molecular weight is 608 g/mol. The fourth-order valence-electron chi connectivity index (χ4n) is 5.14. The molecule has 2 atom stereocenters. The number of ketones is 1. The highest BCUT2D eigenvalue weighted by Crippen LogP contribution is 2.41. The Labute approximate surface area is 245 Å². The van der Waals surface area contributed by atoms with Gasteiger partial charge in [0.05, 0.1) is 12.3 Å². The summed E-state index contributed by atoms with van der Waals surface area (Å²) in [6.07, 6.45) is 3.01. The molecule has 2 aromatic carbocycles. The Bertz CT molecular complexity index is 1410. The number of hydrogen-bond donors (Lipinski definition) is 1. The molecule has 2 heterocycles. The number of esters is 1. The summed E-state index contributed by atoms with van der Waals surface area (Å²) in [4.78, 5) is 53.5. The first-order chi connectivity index (χ1) is 18.6. The van der Waals surface area contributed by atoms with Crippen LogP contribution < -0.4 is 5.32 Å². The van der Waals surface area contributed by atoms with Gasteiger partial charge in [-0.3, -0.25) is 19.3 Å². The quantitative estimate of drug-likeness (QED) is 0.205. The number of ether oxygens (including phenoxy) is 1. The fourth-order valence-corrected chi connectivity index (χ4v) is 6.62. The molecule has 5 rings (SSSR count). The third kappa shape index (κ3) is 5.57. The van der Waals surface area contributed by atoms with E-state index in [0.717, 1.165) is 19.3 Å². The summed E-state index contributed by atoms with van der Waals surface area (Å²) in [7, 11) is 0. The minimum atomic E-state index is -1.93. The van der Waals surface area contributed by atoms with Crippen LogP contribution in [0.4, 0.5) is 0 Å². The molecule has 1 unspecified atom stereocenters. The Morgan fingerprint density at radius 3 is 2.64 bits per heavy atom. The molecule has 0 aromatic heterocycles. The Balaban J connectivity index is 1.27. The van der Waals surface area contributed by atoms with E-state index in [2.05, 4.69) is 5.32 Å². The molecule has 0 radical (unpaired) electrons. The molecule has 1 N–H and O–H groups in total. The van der Waals surface area contributed by atoms with Crippen LogP contribution in [0.25, 0.3) is 0 Å². The van der Waals surface area contributed by atoms with Crippen molar-refractivity contribution in [2.75, 3.05) is 11.6 Å². The second kappa shape index (κ2) is 11.2. The van der Waals surface area contributed by atoms with E-state index in [1.54, 1.807) is 31.2 Å². The second-order valence-electron chi connectivity index (χ2n) is 9.74. The van der Waals surface area contributed by atoms with E-state index in [1.807, 2.05) is 18.2 Å². The molecule has 11 heteroatoms. The Kier molecular flexibility index (Phi) is 8.02. The molecule has 7 nitrogen and oxygen atoms in total. The largest absolute Gasteiger partial charge is 0.423 e. The summed E-state index contributed by atoms with van der Waals surface area (Å²) >= 11 is 18.8. The lowest BCUT2D eigenvalue weighted by molar-refractivity contribution is -0.154. The lowest BCUT2D eigenvalue weighted by Crippen LogP contribution is -2.70. The molecular weight excluding hydrogens is 583 g/mol. The molecule has 1 aliphatic carbocycles. The van der Waals surface area contributed by atoms with Gasteiger partial charge < -0.3 is 10.1 Å². The van der Waals surface area contributed by atoms with E-state index in [4.69, 9.17) is 39.5 Å². The highest BCUT2D eigenvalue weighted by Gasteiger charge is 2.54. The molecular formula is C28H25Cl3N2O5S. The number of nitrogens with zero attached hydrogens (tertiary/aromatic N) is 1. The molecule has 0 spiro atoms. The van der Waals surface area contributed by atoms with Gasteiger partial charge in [-0.1, -0.05) is 59.6 Å².